The van der Waals surface area contributed by atoms with Crippen molar-refractivity contribution in [3.63, 3.8) is 0 Å². The van der Waals surface area contributed by atoms with Crippen molar-refractivity contribution in [2.24, 2.45) is 5.92 Å². The van der Waals surface area contributed by atoms with Crippen molar-refractivity contribution in [2.75, 3.05) is 33.4 Å². The third-order valence-electron chi connectivity index (χ3n) is 4.72. The Hall–Kier alpha value is -0.120. The van der Waals surface area contributed by atoms with Gasteiger partial charge in [-0.05, 0) is 45.2 Å². The van der Waals surface area contributed by atoms with Crippen LogP contribution in [-0.2, 0) is 4.74 Å². The molecule has 20 heavy (non-hydrogen) atoms. The summed E-state index contributed by atoms with van der Waals surface area (Å²) >= 11 is 0. The van der Waals surface area contributed by atoms with Crippen molar-refractivity contribution in [3.8, 4) is 0 Å². The fraction of sp³-hybridized carbons (Fsp3) is 1.00. The van der Waals surface area contributed by atoms with Crippen LogP contribution in [0, 0.1) is 5.92 Å². The van der Waals surface area contributed by atoms with Gasteiger partial charge in [-0.25, -0.2) is 0 Å². The van der Waals surface area contributed by atoms with Crippen LogP contribution in [0.3, 0.4) is 0 Å². The smallest absolute Gasteiger partial charge is 0.0615 e. The molecule has 1 aliphatic rings. The van der Waals surface area contributed by atoms with E-state index in [0.717, 1.165) is 25.1 Å². The molecule has 0 amide bonds. The molecule has 3 heteroatoms. The van der Waals surface area contributed by atoms with Crippen molar-refractivity contribution < 1.29 is 4.74 Å². The molecule has 3 unspecified atom stereocenters. The van der Waals surface area contributed by atoms with Gasteiger partial charge in [0.2, 0.25) is 0 Å². The SMILES string of the molecule is CCCNC1CCCCCC1CN(CC)C(C)COC. The second-order valence-electron chi connectivity index (χ2n) is 6.35. The molecule has 0 aromatic carbocycles. The van der Waals surface area contributed by atoms with Crippen LogP contribution >= 0.6 is 0 Å². The van der Waals surface area contributed by atoms with Gasteiger partial charge in [-0.3, -0.25) is 4.90 Å². The summed E-state index contributed by atoms with van der Waals surface area (Å²) in [5.41, 5.74) is 0. The van der Waals surface area contributed by atoms with Gasteiger partial charge in [0.05, 0.1) is 6.61 Å². The number of rotatable bonds is 9. The van der Waals surface area contributed by atoms with Crippen molar-refractivity contribution in [1.29, 1.82) is 0 Å². The van der Waals surface area contributed by atoms with E-state index in [-0.39, 0.29) is 0 Å². The molecule has 120 valence electrons. The summed E-state index contributed by atoms with van der Waals surface area (Å²) in [7, 11) is 1.81. The van der Waals surface area contributed by atoms with Gasteiger partial charge >= 0.3 is 0 Å². The summed E-state index contributed by atoms with van der Waals surface area (Å²) in [4.78, 5) is 2.60. The molecular formula is C17H36N2O. The summed E-state index contributed by atoms with van der Waals surface area (Å²) in [6.45, 7) is 11.2. The average Bonchev–Trinajstić information content (AvgIpc) is 2.67. The van der Waals surface area contributed by atoms with Crippen LogP contribution in [0.15, 0.2) is 0 Å². The van der Waals surface area contributed by atoms with Gasteiger partial charge in [-0.2, -0.15) is 0 Å². The third kappa shape index (κ3) is 6.11. The Bertz CT molecular complexity index is 235. The monoisotopic (exact) mass is 284 g/mol. The minimum absolute atomic E-state index is 0.528. The van der Waals surface area contributed by atoms with E-state index in [9.17, 15) is 0 Å². The van der Waals surface area contributed by atoms with Crippen LogP contribution in [0.25, 0.3) is 0 Å². The van der Waals surface area contributed by atoms with Gasteiger partial charge in [0, 0.05) is 25.7 Å². The lowest BCUT2D eigenvalue weighted by Gasteiger charge is -2.34. The minimum atomic E-state index is 0.528. The van der Waals surface area contributed by atoms with Crippen LogP contribution in [0.4, 0.5) is 0 Å². The van der Waals surface area contributed by atoms with Crippen molar-refractivity contribution in [3.05, 3.63) is 0 Å². The van der Waals surface area contributed by atoms with Crippen LogP contribution in [0.1, 0.15) is 59.3 Å². The average molecular weight is 284 g/mol. The molecular weight excluding hydrogens is 248 g/mol. The lowest BCUT2D eigenvalue weighted by atomic mass is 9.93. The molecule has 1 fully saturated rings. The number of methoxy groups -OCH3 is 1. The van der Waals surface area contributed by atoms with E-state index < -0.39 is 0 Å². The lowest BCUT2D eigenvalue weighted by Crippen LogP contribution is -2.45. The predicted octanol–water partition coefficient (Wildman–Crippen LogP) is 3.29. The van der Waals surface area contributed by atoms with Gasteiger partial charge < -0.3 is 10.1 Å². The van der Waals surface area contributed by atoms with E-state index in [1.807, 2.05) is 7.11 Å². The van der Waals surface area contributed by atoms with Crippen LogP contribution < -0.4 is 5.32 Å². The first-order valence-electron chi connectivity index (χ1n) is 8.69. The highest BCUT2D eigenvalue weighted by Crippen LogP contribution is 2.25. The Morgan fingerprint density at radius 2 is 1.95 bits per heavy atom. The summed E-state index contributed by atoms with van der Waals surface area (Å²) in [6, 6.07) is 1.25. The zero-order chi connectivity index (χ0) is 14.8. The van der Waals surface area contributed by atoms with Crippen LogP contribution in [-0.4, -0.2) is 50.3 Å². The first-order chi connectivity index (χ1) is 9.72. The van der Waals surface area contributed by atoms with Gasteiger partial charge in [-0.1, -0.05) is 33.1 Å². The van der Waals surface area contributed by atoms with Crippen molar-refractivity contribution >= 4 is 0 Å². The van der Waals surface area contributed by atoms with Gasteiger partial charge in [0.1, 0.15) is 0 Å². The molecule has 0 spiro atoms. The molecule has 3 atom stereocenters. The van der Waals surface area contributed by atoms with E-state index in [1.54, 1.807) is 0 Å². The van der Waals surface area contributed by atoms with E-state index >= 15 is 0 Å². The molecule has 0 aromatic rings. The number of nitrogens with zero attached hydrogens (tertiary/aromatic N) is 1. The molecule has 1 N–H and O–H groups in total. The zero-order valence-corrected chi connectivity index (χ0v) is 14.2. The van der Waals surface area contributed by atoms with Crippen LogP contribution in [0.2, 0.25) is 0 Å². The summed E-state index contributed by atoms with van der Waals surface area (Å²) < 4.78 is 5.33. The molecule has 0 radical (unpaired) electrons. The summed E-state index contributed by atoms with van der Waals surface area (Å²) in [5.74, 6) is 0.809. The minimum Gasteiger partial charge on any atom is -0.383 e. The lowest BCUT2D eigenvalue weighted by molar-refractivity contribution is 0.0844. The highest BCUT2D eigenvalue weighted by atomic mass is 16.5. The van der Waals surface area contributed by atoms with E-state index in [1.165, 1.54) is 51.6 Å². The van der Waals surface area contributed by atoms with E-state index in [2.05, 4.69) is 31.0 Å². The number of hydrogen-bond acceptors (Lipinski definition) is 3. The van der Waals surface area contributed by atoms with Gasteiger partial charge in [0.25, 0.3) is 0 Å². The number of hydrogen-bond donors (Lipinski definition) is 1. The maximum absolute atomic E-state index is 5.33. The molecule has 1 rings (SSSR count). The Morgan fingerprint density at radius 3 is 2.60 bits per heavy atom. The molecule has 0 saturated heterocycles. The number of likely N-dealkylation sites (N-methyl/N-ethyl adjacent to an activating group) is 1. The topological polar surface area (TPSA) is 24.5 Å². The zero-order valence-electron chi connectivity index (χ0n) is 14.2. The number of nitrogens with one attached hydrogen (secondary N) is 1. The predicted molar refractivity (Wildman–Crippen MR) is 87.2 cm³/mol. The summed E-state index contributed by atoms with van der Waals surface area (Å²) in [6.07, 6.45) is 8.21. The van der Waals surface area contributed by atoms with Crippen LogP contribution in [0.5, 0.6) is 0 Å². The maximum atomic E-state index is 5.33. The third-order valence-corrected chi connectivity index (χ3v) is 4.72. The molecule has 1 aliphatic carbocycles. The largest absolute Gasteiger partial charge is 0.383 e. The second-order valence-corrected chi connectivity index (χ2v) is 6.35. The number of ether oxygens (including phenoxy) is 1. The Balaban J connectivity index is 2.57. The maximum Gasteiger partial charge on any atom is 0.0615 e. The Morgan fingerprint density at radius 1 is 1.20 bits per heavy atom. The van der Waals surface area contributed by atoms with Crippen molar-refractivity contribution in [2.45, 2.75) is 71.4 Å². The first-order valence-corrected chi connectivity index (χ1v) is 8.69. The van der Waals surface area contributed by atoms with Gasteiger partial charge in [0.15, 0.2) is 0 Å². The van der Waals surface area contributed by atoms with E-state index in [0.29, 0.717) is 6.04 Å². The molecule has 0 bridgehead atoms. The second kappa shape index (κ2) is 10.6. The highest BCUT2D eigenvalue weighted by molar-refractivity contribution is 4.83. The fourth-order valence-electron chi connectivity index (χ4n) is 3.47. The molecule has 3 nitrogen and oxygen atoms in total. The Labute approximate surface area is 126 Å². The fourth-order valence-corrected chi connectivity index (χ4v) is 3.47. The van der Waals surface area contributed by atoms with Gasteiger partial charge in [-0.15, -0.1) is 0 Å². The molecule has 1 saturated carbocycles. The quantitative estimate of drug-likeness (QED) is 0.658. The molecule has 0 heterocycles. The highest BCUT2D eigenvalue weighted by Gasteiger charge is 2.26. The first kappa shape index (κ1) is 17.9. The standard InChI is InChI=1S/C17H36N2O/c1-5-12-18-17-11-9-7-8-10-16(17)13-19(6-2)15(3)14-20-4/h15-18H,5-14H2,1-4H3. The molecule has 0 aliphatic heterocycles. The summed E-state index contributed by atoms with van der Waals surface area (Å²) in [5, 5.41) is 3.80. The van der Waals surface area contributed by atoms with E-state index in [4.69, 9.17) is 4.74 Å². The Kier molecular flexibility index (Phi) is 9.49. The molecule has 0 aromatic heterocycles. The normalized spacial score (nSPS) is 25.6. The van der Waals surface area contributed by atoms with Crippen molar-refractivity contribution in [1.82, 2.24) is 10.2 Å².